The molecule has 1 atom stereocenters. The molecule has 0 heterocycles. The van der Waals surface area contributed by atoms with Crippen molar-refractivity contribution in [2.45, 2.75) is 44.2 Å². The van der Waals surface area contributed by atoms with Crippen molar-refractivity contribution in [1.82, 2.24) is 5.32 Å². The van der Waals surface area contributed by atoms with Crippen LogP contribution in [0.4, 0.5) is 5.69 Å². The van der Waals surface area contributed by atoms with Crippen LogP contribution in [0.3, 0.4) is 0 Å². The number of amides is 2. The fourth-order valence-corrected chi connectivity index (χ4v) is 4.55. The average Bonchev–Trinajstić information content (AvgIpc) is 2.92. The maximum absolute atomic E-state index is 13.8. The van der Waals surface area contributed by atoms with Crippen LogP contribution in [0, 0.1) is 11.8 Å². The number of carbonyl (C=O) groups excluding carboxylic acids is 2. The molecule has 1 unspecified atom stereocenters. The minimum absolute atomic E-state index is 0.0873. The molecule has 1 aliphatic rings. The van der Waals surface area contributed by atoms with Crippen LogP contribution < -0.4 is 15.0 Å². The molecule has 0 spiro atoms. The lowest BCUT2D eigenvalue weighted by atomic mass is 9.94. The molecule has 0 aromatic heterocycles. The van der Waals surface area contributed by atoms with Gasteiger partial charge in [0.25, 0.3) is 0 Å². The van der Waals surface area contributed by atoms with Gasteiger partial charge < -0.3 is 10.1 Å². The van der Waals surface area contributed by atoms with Crippen molar-refractivity contribution in [3.05, 3.63) is 95.0 Å². The van der Waals surface area contributed by atoms with E-state index < -0.39 is 11.9 Å². The van der Waals surface area contributed by atoms with E-state index in [4.69, 9.17) is 16.3 Å². The van der Waals surface area contributed by atoms with E-state index >= 15 is 0 Å². The van der Waals surface area contributed by atoms with Crippen LogP contribution in [0.1, 0.15) is 49.3 Å². The van der Waals surface area contributed by atoms with Gasteiger partial charge in [-0.2, -0.15) is 0 Å². The number of ether oxygens (including phenoxy) is 1. The summed E-state index contributed by atoms with van der Waals surface area (Å²) < 4.78 is 5.30. The highest BCUT2D eigenvalue weighted by atomic mass is 35.5. The standard InChI is InChI=1S/C30H29ClN2O3/c1-36-27-19-17-26(18-20-27)33(28(34)21-12-22-8-4-2-5-9-22)29(23-13-15-24(31)16-14-23)30(35)32-25-10-6-3-7-11-25/h2,4-5,8-9,13-20,25,29H,3,6-7,10-11H2,1H3,(H,32,35). The summed E-state index contributed by atoms with van der Waals surface area (Å²) >= 11 is 6.14. The minimum Gasteiger partial charge on any atom is -0.497 e. The molecular weight excluding hydrogens is 472 g/mol. The third-order valence-corrected chi connectivity index (χ3v) is 6.55. The van der Waals surface area contributed by atoms with Gasteiger partial charge in [0.2, 0.25) is 5.91 Å². The maximum Gasteiger partial charge on any atom is 0.304 e. The highest BCUT2D eigenvalue weighted by Crippen LogP contribution is 2.31. The molecule has 0 radical (unpaired) electrons. The highest BCUT2D eigenvalue weighted by molar-refractivity contribution is 6.30. The molecule has 2 amide bonds. The first-order valence-corrected chi connectivity index (χ1v) is 12.5. The molecule has 0 saturated heterocycles. The topological polar surface area (TPSA) is 58.6 Å². The molecule has 1 N–H and O–H groups in total. The van der Waals surface area contributed by atoms with Crippen LogP contribution in [0.25, 0.3) is 0 Å². The molecule has 4 rings (SSSR count). The number of carbonyl (C=O) groups is 2. The number of benzene rings is 3. The van der Waals surface area contributed by atoms with Crippen LogP contribution in [-0.2, 0) is 9.59 Å². The summed E-state index contributed by atoms with van der Waals surface area (Å²) in [6.45, 7) is 0. The zero-order chi connectivity index (χ0) is 25.3. The van der Waals surface area contributed by atoms with Gasteiger partial charge >= 0.3 is 5.91 Å². The van der Waals surface area contributed by atoms with Gasteiger partial charge in [-0.05, 0) is 66.9 Å². The van der Waals surface area contributed by atoms with Crippen molar-refractivity contribution in [3.8, 4) is 17.6 Å². The quantitative estimate of drug-likeness (QED) is 0.427. The number of hydrogen-bond donors (Lipinski definition) is 1. The lowest BCUT2D eigenvalue weighted by Gasteiger charge is -2.32. The predicted octanol–water partition coefficient (Wildman–Crippen LogP) is 5.92. The largest absolute Gasteiger partial charge is 0.497 e. The Morgan fingerprint density at radius 3 is 2.25 bits per heavy atom. The van der Waals surface area contributed by atoms with Crippen LogP contribution in [0.2, 0.25) is 5.02 Å². The van der Waals surface area contributed by atoms with Gasteiger partial charge in [-0.25, -0.2) is 0 Å². The Bertz CT molecular complexity index is 1230. The van der Waals surface area contributed by atoms with E-state index in [2.05, 4.69) is 17.2 Å². The van der Waals surface area contributed by atoms with E-state index in [9.17, 15) is 9.59 Å². The Hall–Kier alpha value is -3.75. The second-order valence-electron chi connectivity index (χ2n) is 8.79. The molecule has 3 aromatic rings. The zero-order valence-corrected chi connectivity index (χ0v) is 21.0. The number of nitrogens with zero attached hydrogens (tertiary/aromatic N) is 1. The molecule has 1 fully saturated rings. The van der Waals surface area contributed by atoms with Crippen molar-refractivity contribution in [3.63, 3.8) is 0 Å². The fourth-order valence-electron chi connectivity index (χ4n) is 4.42. The Balaban J connectivity index is 1.76. The lowest BCUT2D eigenvalue weighted by Crippen LogP contribution is -2.47. The van der Waals surface area contributed by atoms with Crippen LogP contribution in [-0.4, -0.2) is 25.0 Å². The van der Waals surface area contributed by atoms with Gasteiger partial charge in [-0.1, -0.05) is 67.1 Å². The number of hydrogen-bond acceptors (Lipinski definition) is 3. The van der Waals surface area contributed by atoms with Gasteiger partial charge in [-0.15, -0.1) is 0 Å². The summed E-state index contributed by atoms with van der Waals surface area (Å²) in [5, 5.41) is 3.75. The molecule has 0 bridgehead atoms. The summed E-state index contributed by atoms with van der Waals surface area (Å²) in [6.07, 6.45) is 5.21. The van der Waals surface area contributed by atoms with E-state index in [1.165, 1.54) is 11.3 Å². The molecule has 1 saturated carbocycles. The molecule has 36 heavy (non-hydrogen) atoms. The van der Waals surface area contributed by atoms with Crippen molar-refractivity contribution in [2.75, 3.05) is 12.0 Å². The normalized spacial score (nSPS) is 14.2. The summed E-state index contributed by atoms with van der Waals surface area (Å²) in [5.74, 6) is 5.61. The second-order valence-corrected chi connectivity index (χ2v) is 9.22. The molecule has 0 aliphatic heterocycles. The summed E-state index contributed by atoms with van der Waals surface area (Å²) in [4.78, 5) is 28.9. The Morgan fingerprint density at radius 2 is 1.61 bits per heavy atom. The summed E-state index contributed by atoms with van der Waals surface area (Å²) in [7, 11) is 1.58. The van der Waals surface area contributed by atoms with Crippen molar-refractivity contribution in [1.29, 1.82) is 0 Å². The van der Waals surface area contributed by atoms with Crippen molar-refractivity contribution >= 4 is 29.1 Å². The number of anilines is 1. The van der Waals surface area contributed by atoms with Crippen molar-refractivity contribution < 1.29 is 14.3 Å². The Kier molecular flexibility index (Phi) is 8.65. The first kappa shape index (κ1) is 25.3. The van der Waals surface area contributed by atoms with E-state index in [-0.39, 0.29) is 11.9 Å². The third kappa shape index (κ3) is 6.47. The highest BCUT2D eigenvalue weighted by Gasteiger charge is 2.33. The molecule has 3 aromatic carbocycles. The van der Waals surface area contributed by atoms with Gasteiger partial charge in [0, 0.05) is 28.2 Å². The lowest BCUT2D eigenvalue weighted by molar-refractivity contribution is -0.125. The van der Waals surface area contributed by atoms with Crippen LogP contribution in [0.5, 0.6) is 5.75 Å². The average molecular weight is 501 g/mol. The van der Waals surface area contributed by atoms with Crippen LogP contribution >= 0.6 is 11.6 Å². The van der Waals surface area contributed by atoms with Crippen LogP contribution in [0.15, 0.2) is 78.9 Å². The SMILES string of the molecule is COc1ccc(N(C(=O)C#Cc2ccccc2)C(C(=O)NC2CCCCC2)c2ccc(Cl)cc2)cc1. The molecule has 5 nitrogen and oxygen atoms in total. The molecular formula is C30H29ClN2O3. The third-order valence-electron chi connectivity index (χ3n) is 6.30. The first-order chi connectivity index (χ1) is 17.5. The number of nitrogens with one attached hydrogen (secondary N) is 1. The maximum atomic E-state index is 13.8. The van der Waals surface area contributed by atoms with Gasteiger partial charge in [0.15, 0.2) is 0 Å². The van der Waals surface area contributed by atoms with Gasteiger partial charge in [0.1, 0.15) is 11.8 Å². The molecule has 6 heteroatoms. The summed E-state index contributed by atoms with van der Waals surface area (Å²) in [5.41, 5.74) is 1.91. The Morgan fingerprint density at radius 1 is 0.944 bits per heavy atom. The predicted molar refractivity (Wildman–Crippen MR) is 143 cm³/mol. The second kappa shape index (κ2) is 12.3. The number of rotatable bonds is 6. The monoisotopic (exact) mass is 500 g/mol. The van der Waals surface area contributed by atoms with Gasteiger partial charge in [0.05, 0.1) is 7.11 Å². The van der Waals surface area contributed by atoms with Gasteiger partial charge in [-0.3, -0.25) is 14.5 Å². The molecule has 1 aliphatic carbocycles. The minimum atomic E-state index is -0.921. The molecule has 184 valence electrons. The van der Waals surface area contributed by atoms with E-state index in [0.717, 1.165) is 31.2 Å². The number of methoxy groups -OCH3 is 1. The van der Waals surface area contributed by atoms with E-state index in [0.29, 0.717) is 22.0 Å². The zero-order valence-electron chi connectivity index (χ0n) is 20.2. The van der Waals surface area contributed by atoms with Crippen molar-refractivity contribution in [2.24, 2.45) is 0 Å². The number of halogens is 1. The van der Waals surface area contributed by atoms with E-state index in [1.807, 2.05) is 30.3 Å². The fraction of sp³-hybridized carbons (Fsp3) is 0.267. The summed E-state index contributed by atoms with van der Waals surface area (Å²) in [6, 6.07) is 22.5. The van der Waals surface area contributed by atoms with E-state index in [1.54, 1.807) is 55.6 Å². The smallest absolute Gasteiger partial charge is 0.304 e. The first-order valence-electron chi connectivity index (χ1n) is 12.2. The Labute approximate surface area is 217 Å².